The van der Waals surface area contributed by atoms with Crippen molar-refractivity contribution in [2.24, 2.45) is 17.3 Å². The summed E-state index contributed by atoms with van der Waals surface area (Å²) in [5.41, 5.74) is 4.14. The fourth-order valence-corrected chi connectivity index (χ4v) is 6.42. The van der Waals surface area contributed by atoms with Gasteiger partial charge in [0.2, 0.25) is 0 Å². The van der Waals surface area contributed by atoms with Crippen LogP contribution >= 0.6 is 0 Å². The lowest BCUT2D eigenvalue weighted by Gasteiger charge is -2.50. The smallest absolute Gasteiger partial charge is 0.127 e. The molecule has 0 unspecified atom stereocenters. The lowest BCUT2D eigenvalue weighted by atomic mass is 9.55. The molecule has 0 heterocycles. The van der Waals surface area contributed by atoms with E-state index in [1.54, 1.807) is 0 Å². The molecule has 0 saturated heterocycles. The number of fused-ring (bicyclic) bond motifs is 5. The minimum absolute atomic E-state index is 0.0976. The van der Waals surface area contributed by atoms with E-state index in [2.05, 4.69) is 31.7 Å². The van der Waals surface area contributed by atoms with Crippen LogP contribution in [0.2, 0.25) is 0 Å². The zero-order chi connectivity index (χ0) is 19.3. The van der Waals surface area contributed by atoms with Gasteiger partial charge in [0.25, 0.3) is 0 Å². The van der Waals surface area contributed by atoms with Crippen LogP contribution in [0, 0.1) is 17.3 Å². The maximum atomic E-state index is 10.6. The quantitative estimate of drug-likeness (QED) is 0.672. The van der Waals surface area contributed by atoms with Crippen LogP contribution < -0.4 is 4.74 Å². The highest BCUT2D eigenvalue weighted by atomic mass is 16.5. The van der Waals surface area contributed by atoms with Gasteiger partial charge < -0.3 is 9.84 Å². The first-order valence-corrected chi connectivity index (χ1v) is 10.8. The lowest BCUT2D eigenvalue weighted by Crippen LogP contribution is -2.43. The standard InChI is InChI=1S/C26H30O2/c1-17(18-6-4-3-5-7-18)28-20-9-11-21-19(16-20)8-10-23-22(21)14-15-26(2)24(23)12-13-25(26)27/h3-7,9,11,16,22-25,27H,1,8,10,12-15H2,2H3/t22-,23-,24+,25+,26+/m1/s1. The molecule has 5 atom stereocenters. The van der Waals surface area contributed by atoms with Crippen LogP contribution in [0.5, 0.6) is 5.75 Å². The van der Waals surface area contributed by atoms with E-state index in [0.717, 1.165) is 36.5 Å². The average molecular weight is 375 g/mol. The van der Waals surface area contributed by atoms with Gasteiger partial charge in [-0.25, -0.2) is 0 Å². The number of aliphatic hydroxyl groups excluding tert-OH is 1. The van der Waals surface area contributed by atoms with Crippen LogP contribution in [-0.4, -0.2) is 11.2 Å². The summed E-state index contributed by atoms with van der Waals surface area (Å²) in [6.07, 6.45) is 6.82. The van der Waals surface area contributed by atoms with Gasteiger partial charge in [0.05, 0.1) is 6.10 Å². The molecule has 28 heavy (non-hydrogen) atoms. The monoisotopic (exact) mass is 374 g/mol. The number of benzene rings is 2. The summed E-state index contributed by atoms with van der Waals surface area (Å²) < 4.78 is 6.07. The Hall–Kier alpha value is -2.06. The van der Waals surface area contributed by atoms with Gasteiger partial charge in [0, 0.05) is 5.56 Å². The van der Waals surface area contributed by atoms with Crippen LogP contribution in [0.15, 0.2) is 55.1 Å². The molecular formula is C26H30O2. The molecule has 0 radical (unpaired) electrons. The number of aliphatic hydroxyl groups is 1. The molecule has 146 valence electrons. The number of rotatable bonds is 3. The Morgan fingerprint density at radius 3 is 2.71 bits per heavy atom. The molecule has 0 aliphatic heterocycles. The highest BCUT2D eigenvalue weighted by molar-refractivity contribution is 5.60. The Labute approximate surface area is 168 Å². The van der Waals surface area contributed by atoms with Crippen LogP contribution in [-0.2, 0) is 6.42 Å². The fraction of sp³-hybridized carbons (Fsp3) is 0.462. The second kappa shape index (κ2) is 6.77. The Balaban J connectivity index is 1.37. The maximum absolute atomic E-state index is 10.6. The predicted octanol–water partition coefficient (Wildman–Crippen LogP) is 5.95. The highest BCUT2D eigenvalue weighted by Crippen LogP contribution is 2.60. The zero-order valence-corrected chi connectivity index (χ0v) is 16.7. The molecule has 3 aliphatic rings. The lowest BCUT2D eigenvalue weighted by molar-refractivity contribution is -0.0226. The van der Waals surface area contributed by atoms with Crippen molar-refractivity contribution in [2.75, 3.05) is 0 Å². The Morgan fingerprint density at radius 2 is 1.89 bits per heavy atom. The van der Waals surface area contributed by atoms with Crippen molar-refractivity contribution in [1.82, 2.24) is 0 Å². The van der Waals surface area contributed by atoms with Crippen molar-refractivity contribution < 1.29 is 9.84 Å². The molecule has 3 aliphatic carbocycles. The molecule has 5 rings (SSSR count). The van der Waals surface area contributed by atoms with Gasteiger partial charge in [-0.15, -0.1) is 0 Å². The minimum Gasteiger partial charge on any atom is -0.457 e. The van der Waals surface area contributed by atoms with E-state index in [0.29, 0.717) is 17.6 Å². The molecule has 1 N–H and O–H groups in total. The van der Waals surface area contributed by atoms with Gasteiger partial charge in [-0.3, -0.25) is 0 Å². The van der Waals surface area contributed by atoms with E-state index in [-0.39, 0.29) is 11.5 Å². The van der Waals surface area contributed by atoms with Crippen molar-refractivity contribution in [3.8, 4) is 5.75 Å². The highest BCUT2D eigenvalue weighted by Gasteiger charge is 2.54. The largest absolute Gasteiger partial charge is 0.457 e. The molecule has 2 nitrogen and oxygen atoms in total. The average Bonchev–Trinajstić information content (AvgIpc) is 3.03. The number of aryl methyl sites for hydroxylation is 1. The third kappa shape index (κ3) is 2.81. The molecule has 0 bridgehead atoms. The summed E-state index contributed by atoms with van der Waals surface area (Å²) >= 11 is 0. The third-order valence-corrected chi connectivity index (χ3v) is 7.98. The van der Waals surface area contributed by atoms with Crippen LogP contribution in [0.4, 0.5) is 0 Å². The summed E-state index contributed by atoms with van der Waals surface area (Å²) in [4.78, 5) is 0. The number of hydrogen-bond acceptors (Lipinski definition) is 2. The Bertz CT molecular complexity index is 887. The second-order valence-electron chi connectivity index (χ2n) is 9.31. The fourth-order valence-electron chi connectivity index (χ4n) is 6.42. The van der Waals surface area contributed by atoms with Gasteiger partial charge in [-0.2, -0.15) is 0 Å². The first-order chi connectivity index (χ1) is 13.6. The molecule has 0 spiro atoms. The van der Waals surface area contributed by atoms with Crippen molar-refractivity contribution in [2.45, 2.75) is 57.5 Å². The van der Waals surface area contributed by atoms with Crippen LogP contribution in [0.25, 0.3) is 5.76 Å². The Morgan fingerprint density at radius 1 is 1.07 bits per heavy atom. The summed E-state index contributed by atoms with van der Waals surface area (Å²) in [7, 11) is 0. The van der Waals surface area contributed by atoms with Gasteiger partial charge >= 0.3 is 0 Å². The number of hydrogen-bond donors (Lipinski definition) is 1. The molecule has 2 aromatic carbocycles. The first kappa shape index (κ1) is 18.0. The van der Waals surface area contributed by atoms with E-state index >= 15 is 0 Å². The van der Waals surface area contributed by atoms with Gasteiger partial charge in [-0.05, 0) is 85.0 Å². The van der Waals surface area contributed by atoms with E-state index < -0.39 is 0 Å². The summed E-state index contributed by atoms with van der Waals surface area (Å²) in [5.74, 6) is 3.65. The van der Waals surface area contributed by atoms with Crippen LogP contribution in [0.3, 0.4) is 0 Å². The molecule has 0 amide bonds. The van der Waals surface area contributed by atoms with Crippen molar-refractivity contribution in [3.05, 3.63) is 71.8 Å². The van der Waals surface area contributed by atoms with Crippen LogP contribution in [0.1, 0.15) is 61.6 Å². The minimum atomic E-state index is -0.0976. The molecule has 0 aromatic heterocycles. The number of ether oxygens (including phenoxy) is 1. The van der Waals surface area contributed by atoms with Crippen molar-refractivity contribution in [1.29, 1.82) is 0 Å². The molecule has 2 aromatic rings. The predicted molar refractivity (Wildman–Crippen MR) is 113 cm³/mol. The van der Waals surface area contributed by atoms with Crippen molar-refractivity contribution in [3.63, 3.8) is 0 Å². The zero-order valence-electron chi connectivity index (χ0n) is 16.7. The summed E-state index contributed by atoms with van der Waals surface area (Å²) in [6.45, 7) is 6.44. The van der Waals surface area contributed by atoms with E-state index in [1.165, 1.54) is 30.4 Å². The van der Waals surface area contributed by atoms with E-state index in [4.69, 9.17) is 4.74 Å². The topological polar surface area (TPSA) is 29.5 Å². The molecular weight excluding hydrogens is 344 g/mol. The normalized spacial score (nSPS) is 33.5. The molecule has 2 fully saturated rings. The Kier molecular flexibility index (Phi) is 4.35. The summed E-state index contributed by atoms with van der Waals surface area (Å²) in [6, 6.07) is 16.7. The SMILES string of the molecule is C=C(Oc1ccc2c(c1)CC[C@@H]1[C@@H]2CC[C@]2(C)[C@@H](O)CC[C@@H]12)c1ccccc1. The molecule has 2 heteroatoms. The summed E-state index contributed by atoms with van der Waals surface area (Å²) in [5, 5.41) is 10.6. The van der Waals surface area contributed by atoms with E-state index in [1.807, 2.05) is 30.3 Å². The second-order valence-corrected chi connectivity index (χ2v) is 9.31. The van der Waals surface area contributed by atoms with Gasteiger partial charge in [-0.1, -0.05) is 49.9 Å². The van der Waals surface area contributed by atoms with E-state index in [9.17, 15) is 5.11 Å². The maximum Gasteiger partial charge on any atom is 0.127 e. The van der Waals surface area contributed by atoms with Gasteiger partial charge in [0.1, 0.15) is 11.5 Å². The first-order valence-electron chi connectivity index (χ1n) is 10.8. The van der Waals surface area contributed by atoms with Gasteiger partial charge in [0.15, 0.2) is 0 Å². The molecule has 2 saturated carbocycles. The third-order valence-electron chi connectivity index (χ3n) is 7.98. The van der Waals surface area contributed by atoms with Crippen molar-refractivity contribution >= 4 is 5.76 Å².